The normalized spacial score (nSPS) is 29.0. The van der Waals surface area contributed by atoms with Gasteiger partial charge in [-0.2, -0.15) is 5.06 Å². The average molecular weight is 606 g/mol. The molecular formula is C36H31NO8. The number of ketones is 2. The molecule has 228 valence electrons. The van der Waals surface area contributed by atoms with E-state index in [9.17, 15) is 29.5 Å². The van der Waals surface area contributed by atoms with Crippen LogP contribution in [0.2, 0.25) is 0 Å². The van der Waals surface area contributed by atoms with Crippen molar-refractivity contribution in [2.75, 3.05) is 14.2 Å². The zero-order valence-electron chi connectivity index (χ0n) is 24.7. The monoisotopic (exact) mass is 605 g/mol. The van der Waals surface area contributed by atoms with Crippen molar-refractivity contribution in [2.45, 2.75) is 24.2 Å². The van der Waals surface area contributed by atoms with E-state index in [4.69, 9.17) is 9.47 Å². The molecule has 0 spiro atoms. The lowest BCUT2D eigenvalue weighted by Gasteiger charge is -2.55. The Morgan fingerprint density at radius 1 is 0.844 bits per heavy atom. The molecule has 1 heterocycles. The van der Waals surface area contributed by atoms with Gasteiger partial charge in [-0.15, -0.1) is 0 Å². The maximum absolute atomic E-state index is 15.0. The number of imide groups is 1. The van der Waals surface area contributed by atoms with Crippen LogP contribution in [-0.4, -0.2) is 53.0 Å². The number of aromatic hydroxyl groups is 1. The predicted molar refractivity (Wildman–Crippen MR) is 161 cm³/mol. The number of fused-ring (bicyclic) bond motifs is 4. The van der Waals surface area contributed by atoms with E-state index >= 15 is 0 Å². The summed E-state index contributed by atoms with van der Waals surface area (Å²) in [5.41, 5.74) is 1.35. The number of Topliss-reactive ketones (excluding diaryl/α,β-unsaturated/α-hetero) is 1. The molecule has 9 nitrogen and oxygen atoms in total. The van der Waals surface area contributed by atoms with Crippen LogP contribution in [0.1, 0.15) is 35.4 Å². The van der Waals surface area contributed by atoms with Crippen molar-refractivity contribution in [3.05, 3.63) is 107 Å². The first kappa shape index (κ1) is 28.7. The lowest BCUT2D eigenvalue weighted by atomic mass is 9.44. The minimum Gasteiger partial charge on any atom is -0.502 e. The van der Waals surface area contributed by atoms with Gasteiger partial charge in [0.2, 0.25) is 5.75 Å². The molecule has 0 aromatic heterocycles. The second-order valence-corrected chi connectivity index (χ2v) is 12.0. The maximum Gasteiger partial charge on any atom is 0.257 e. The number of amides is 2. The van der Waals surface area contributed by atoms with Crippen LogP contribution in [0.3, 0.4) is 0 Å². The first-order valence-corrected chi connectivity index (χ1v) is 14.9. The van der Waals surface area contributed by atoms with Crippen molar-refractivity contribution in [2.24, 2.45) is 23.7 Å². The summed E-state index contributed by atoms with van der Waals surface area (Å²) in [6.45, 7) is 0. The predicted octanol–water partition coefficient (Wildman–Crippen LogP) is 4.62. The van der Waals surface area contributed by atoms with Gasteiger partial charge in [0, 0.05) is 17.4 Å². The summed E-state index contributed by atoms with van der Waals surface area (Å²) in [5, 5.41) is 21.4. The number of rotatable bonds is 5. The number of carbonyl (C=O) groups excluding carboxylic acids is 4. The summed E-state index contributed by atoms with van der Waals surface area (Å²) in [7, 11) is 2.82. The van der Waals surface area contributed by atoms with Crippen molar-refractivity contribution >= 4 is 29.0 Å². The van der Waals surface area contributed by atoms with E-state index in [-0.39, 0.29) is 52.3 Å². The van der Waals surface area contributed by atoms with E-state index in [0.29, 0.717) is 16.7 Å². The molecule has 3 aliphatic carbocycles. The molecule has 3 aromatic rings. The minimum atomic E-state index is -1.44. The summed E-state index contributed by atoms with van der Waals surface area (Å²) in [6.07, 6.45) is 3.63. The van der Waals surface area contributed by atoms with Gasteiger partial charge in [-0.25, -0.2) is 0 Å². The number of ether oxygens (including phenoxy) is 2. The summed E-state index contributed by atoms with van der Waals surface area (Å²) < 4.78 is 11.0. The summed E-state index contributed by atoms with van der Waals surface area (Å²) in [5.74, 6) is -5.91. The van der Waals surface area contributed by atoms with Gasteiger partial charge in [-0.05, 0) is 53.7 Å². The highest BCUT2D eigenvalue weighted by Crippen LogP contribution is 2.64. The molecule has 4 aliphatic rings. The highest BCUT2D eigenvalue weighted by atomic mass is 16.5. The van der Waals surface area contributed by atoms with Crippen LogP contribution in [-0.2, 0) is 24.6 Å². The fourth-order valence-corrected chi connectivity index (χ4v) is 8.31. The third-order valence-corrected chi connectivity index (χ3v) is 10.2. The van der Waals surface area contributed by atoms with Crippen molar-refractivity contribution < 1.29 is 39.0 Å². The van der Waals surface area contributed by atoms with Crippen molar-refractivity contribution in [1.29, 1.82) is 0 Å². The number of methoxy groups -OCH3 is 2. The quantitative estimate of drug-likeness (QED) is 0.245. The Morgan fingerprint density at radius 2 is 1.47 bits per heavy atom. The summed E-state index contributed by atoms with van der Waals surface area (Å²) >= 11 is 0. The van der Waals surface area contributed by atoms with Gasteiger partial charge in [0.1, 0.15) is 0 Å². The van der Waals surface area contributed by atoms with Gasteiger partial charge in [0.25, 0.3) is 11.8 Å². The number of allylic oxidation sites excluding steroid dienone is 4. The molecule has 7 rings (SSSR count). The SMILES string of the molecule is COc1cc(C2C3=CCC4C(=O)N(O)C(=O)C4C3CC3C(=O)C(c4ccccc4)=CC(=O)C32c2ccccc2)cc(OC)c1O. The molecule has 6 unspecified atom stereocenters. The first-order valence-electron chi connectivity index (χ1n) is 14.9. The number of hydrogen-bond donors (Lipinski definition) is 2. The van der Waals surface area contributed by atoms with E-state index in [1.165, 1.54) is 20.3 Å². The number of nitrogens with zero attached hydrogens (tertiary/aromatic N) is 1. The average Bonchev–Trinajstić information content (AvgIpc) is 3.29. The van der Waals surface area contributed by atoms with Gasteiger partial charge in [0.15, 0.2) is 23.1 Å². The molecule has 1 aliphatic heterocycles. The van der Waals surface area contributed by atoms with Gasteiger partial charge in [-0.3, -0.25) is 24.4 Å². The fourth-order valence-electron chi connectivity index (χ4n) is 8.31. The van der Waals surface area contributed by atoms with Crippen LogP contribution >= 0.6 is 0 Å². The van der Waals surface area contributed by atoms with Gasteiger partial charge >= 0.3 is 0 Å². The molecule has 1 saturated carbocycles. The van der Waals surface area contributed by atoms with E-state index in [2.05, 4.69) is 0 Å². The zero-order valence-corrected chi connectivity index (χ0v) is 24.7. The Morgan fingerprint density at radius 3 is 2.09 bits per heavy atom. The van der Waals surface area contributed by atoms with E-state index in [0.717, 1.165) is 5.57 Å². The molecule has 2 N–H and O–H groups in total. The zero-order chi connectivity index (χ0) is 31.6. The number of phenols is 1. The second-order valence-electron chi connectivity index (χ2n) is 12.0. The smallest absolute Gasteiger partial charge is 0.257 e. The van der Waals surface area contributed by atoms with Crippen LogP contribution in [0.4, 0.5) is 0 Å². The second kappa shape index (κ2) is 10.6. The summed E-state index contributed by atoms with van der Waals surface area (Å²) in [6, 6.07) is 21.4. The molecular weight excluding hydrogens is 574 g/mol. The molecule has 2 fully saturated rings. The van der Waals surface area contributed by atoms with Crippen LogP contribution < -0.4 is 9.47 Å². The molecule has 2 amide bonds. The Balaban J connectivity index is 1.55. The topological polar surface area (TPSA) is 130 Å². The first-order chi connectivity index (χ1) is 21.7. The molecule has 9 heteroatoms. The molecule has 3 aromatic carbocycles. The van der Waals surface area contributed by atoms with Crippen LogP contribution in [0.15, 0.2) is 90.5 Å². The number of hydroxylamine groups is 2. The van der Waals surface area contributed by atoms with Gasteiger partial charge in [-0.1, -0.05) is 72.3 Å². The molecule has 1 saturated heterocycles. The Kier molecular flexibility index (Phi) is 6.74. The third kappa shape index (κ3) is 3.96. The lowest BCUT2D eigenvalue weighted by Crippen LogP contribution is -2.58. The van der Waals surface area contributed by atoms with Gasteiger partial charge in [0.05, 0.1) is 31.5 Å². The number of phenolic OH excluding ortho intramolecular Hbond substituents is 1. The highest BCUT2D eigenvalue weighted by Gasteiger charge is 2.66. The lowest BCUT2D eigenvalue weighted by molar-refractivity contribution is -0.173. The van der Waals surface area contributed by atoms with Crippen molar-refractivity contribution in [3.63, 3.8) is 0 Å². The standard InChI is InChI=1S/C36H31NO8/c1-44-27-15-20(16-28(45-2)33(27)40)31-22-13-14-23-30(35(42)37(43)34(23)41)25(22)17-26-32(39)24(19-9-5-3-6-10-19)18-29(38)36(26,31)21-11-7-4-8-12-21/h3-13,15-16,18,23,25-26,30-31,40,43H,14,17H2,1-2H3. The minimum absolute atomic E-state index is 0.115. The molecule has 0 bridgehead atoms. The van der Waals surface area contributed by atoms with Crippen molar-refractivity contribution in [3.8, 4) is 17.2 Å². The molecule has 6 atom stereocenters. The Bertz CT molecular complexity index is 1790. The maximum atomic E-state index is 15.0. The highest BCUT2D eigenvalue weighted by molar-refractivity contribution is 6.31. The summed E-state index contributed by atoms with van der Waals surface area (Å²) in [4.78, 5) is 56.1. The van der Waals surface area contributed by atoms with Crippen LogP contribution in [0.25, 0.3) is 5.57 Å². The van der Waals surface area contributed by atoms with Gasteiger partial charge < -0.3 is 14.6 Å². The molecule has 0 radical (unpaired) electrons. The van der Waals surface area contributed by atoms with E-state index < -0.39 is 46.8 Å². The van der Waals surface area contributed by atoms with E-state index in [1.807, 2.05) is 42.5 Å². The largest absolute Gasteiger partial charge is 0.502 e. The Labute approximate surface area is 259 Å². The number of carbonyl (C=O) groups is 4. The van der Waals surface area contributed by atoms with Crippen LogP contribution in [0.5, 0.6) is 17.2 Å². The Hall–Kier alpha value is -5.02. The third-order valence-electron chi connectivity index (χ3n) is 10.2. The van der Waals surface area contributed by atoms with Crippen LogP contribution in [0, 0.1) is 23.7 Å². The van der Waals surface area contributed by atoms with E-state index in [1.54, 1.807) is 36.4 Å². The number of hydrogen-bond acceptors (Lipinski definition) is 8. The fraction of sp³-hybridized carbons (Fsp3) is 0.278. The van der Waals surface area contributed by atoms with Crippen molar-refractivity contribution in [1.82, 2.24) is 5.06 Å². The molecule has 45 heavy (non-hydrogen) atoms. The number of benzene rings is 3.